The van der Waals surface area contributed by atoms with E-state index in [-0.39, 0.29) is 5.56 Å². The first-order chi connectivity index (χ1) is 6.06. The van der Waals surface area contributed by atoms with Gasteiger partial charge in [0.05, 0.1) is 0 Å². The number of hydrogen-bond acceptors (Lipinski definition) is 0. The van der Waals surface area contributed by atoms with Crippen molar-refractivity contribution in [1.82, 2.24) is 0 Å². The van der Waals surface area contributed by atoms with Gasteiger partial charge in [-0.3, -0.25) is 0 Å². The van der Waals surface area contributed by atoms with Gasteiger partial charge in [0.25, 0.3) is 0 Å². The number of hydrogen-bond donors (Lipinski definition) is 0. The molecule has 0 saturated carbocycles. The van der Waals surface area contributed by atoms with Crippen molar-refractivity contribution in [2.75, 3.05) is 0 Å². The summed E-state index contributed by atoms with van der Waals surface area (Å²) < 4.78 is 38.6. The van der Waals surface area contributed by atoms with Crippen LogP contribution in [0.15, 0.2) is 12.1 Å². The highest BCUT2D eigenvalue weighted by Crippen LogP contribution is 2.30. The number of halogens is 4. The molecule has 0 amide bonds. The molecule has 0 bridgehead atoms. The molecule has 1 rings (SSSR count). The molecular weight excluding hydrogens is 245 g/mol. The normalized spacial score (nSPS) is 13.0. The predicted octanol–water partition coefficient (Wildman–Crippen LogP) is 3.95. The minimum absolute atomic E-state index is 0.107. The summed E-state index contributed by atoms with van der Waals surface area (Å²) >= 11 is 3.11. The molecule has 0 heterocycles. The topological polar surface area (TPSA) is 0 Å². The summed E-state index contributed by atoms with van der Waals surface area (Å²) in [6.07, 6.45) is 0.541. The molecule has 0 saturated heterocycles. The Morgan fingerprint density at radius 3 is 2.08 bits per heavy atom. The lowest BCUT2D eigenvalue weighted by Gasteiger charge is -2.09. The fraction of sp³-hybridized carbons (Fsp3) is 0.333. The Bertz CT molecular complexity index is 289. The Kier molecular flexibility index (Phi) is 3.36. The lowest BCUT2D eigenvalue weighted by molar-refractivity contribution is 0.521. The lowest BCUT2D eigenvalue weighted by atomic mass is 10.1. The van der Waals surface area contributed by atoms with Gasteiger partial charge < -0.3 is 0 Å². The number of benzene rings is 1. The highest BCUT2D eigenvalue weighted by Gasteiger charge is 2.17. The molecule has 0 fully saturated rings. The molecule has 0 aliphatic heterocycles. The van der Waals surface area contributed by atoms with E-state index in [2.05, 4.69) is 15.9 Å². The van der Waals surface area contributed by atoms with E-state index in [1.54, 1.807) is 6.92 Å². The summed E-state index contributed by atoms with van der Waals surface area (Å²) in [4.78, 5) is -0.409. The van der Waals surface area contributed by atoms with Gasteiger partial charge in [0.1, 0.15) is 17.5 Å². The van der Waals surface area contributed by atoms with E-state index in [1.807, 2.05) is 0 Å². The van der Waals surface area contributed by atoms with Crippen LogP contribution in [-0.4, -0.2) is 0 Å². The Morgan fingerprint density at radius 1 is 1.23 bits per heavy atom. The van der Waals surface area contributed by atoms with Crippen LogP contribution < -0.4 is 0 Å². The zero-order valence-electron chi connectivity index (χ0n) is 6.95. The Hall–Kier alpha value is -0.510. The van der Waals surface area contributed by atoms with Crippen LogP contribution in [0.3, 0.4) is 0 Å². The van der Waals surface area contributed by atoms with Crippen LogP contribution in [-0.2, 0) is 0 Å². The third-order valence-corrected chi connectivity index (χ3v) is 2.82. The van der Waals surface area contributed by atoms with Crippen molar-refractivity contribution < 1.29 is 13.2 Å². The number of rotatable bonds is 2. The van der Waals surface area contributed by atoms with Crippen LogP contribution in [0.5, 0.6) is 0 Å². The monoisotopic (exact) mass is 252 g/mol. The van der Waals surface area contributed by atoms with Gasteiger partial charge in [-0.25, -0.2) is 13.2 Å². The van der Waals surface area contributed by atoms with Gasteiger partial charge in [-0.05, 0) is 6.42 Å². The Morgan fingerprint density at radius 2 is 1.69 bits per heavy atom. The highest BCUT2D eigenvalue weighted by atomic mass is 79.9. The fourth-order valence-electron chi connectivity index (χ4n) is 1.06. The molecule has 1 aromatic carbocycles. The van der Waals surface area contributed by atoms with Gasteiger partial charge in [0.15, 0.2) is 0 Å². The molecule has 0 aromatic heterocycles. The molecule has 1 unspecified atom stereocenters. The second-order valence-electron chi connectivity index (χ2n) is 2.66. The van der Waals surface area contributed by atoms with Crippen LogP contribution in [0.4, 0.5) is 13.2 Å². The molecule has 0 N–H and O–H groups in total. The Balaban J connectivity index is 3.20. The molecular formula is C9H8BrF3. The molecule has 13 heavy (non-hydrogen) atoms. The molecule has 4 heteroatoms. The largest absolute Gasteiger partial charge is 0.207 e. The maximum Gasteiger partial charge on any atom is 0.133 e. The second-order valence-corrected chi connectivity index (χ2v) is 3.76. The summed E-state index contributed by atoms with van der Waals surface area (Å²) in [6.45, 7) is 1.78. The van der Waals surface area contributed by atoms with Gasteiger partial charge in [-0.1, -0.05) is 22.9 Å². The first kappa shape index (κ1) is 10.6. The molecule has 0 nitrogen and oxygen atoms in total. The third kappa shape index (κ3) is 2.24. The van der Waals surface area contributed by atoms with Crippen molar-refractivity contribution in [2.24, 2.45) is 0 Å². The first-order valence-corrected chi connectivity index (χ1v) is 4.76. The SMILES string of the molecule is CCC(Br)c1c(F)cc(F)cc1F. The molecule has 0 aliphatic carbocycles. The maximum atomic E-state index is 13.0. The average Bonchev–Trinajstić information content (AvgIpc) is 2.02. The minimum atomic E-state index is -0.894. The lowest BCUT2D eigenvalue weighted by Crippen LogP contribution is -1.99. The zero-order chi connectivity index (χ0) is 10.0. The Labute approximate surface area is 82.9 Å². The van der Waals surface area contributed by atoms with Crippen LogP contribution in [0.1, 0.15) is 23.7 Å². The fourth-order valence-corrected chi connectivity index (χ4v) is 1.49. The quantitative estimate of drug-likeness (QED) is 0.700. The zero-order valence-corrected chi connectivity index (χ0v) is 8.54. The van der Waals surface area contributed by atoms with Crippen molar-refractivity contribution in [3.63, 3.8) is 0 Å². The van der Waals surface area contributed by atoms with E-state index in [0.29, 0.717) is 18.6 Å². The van der Waals surface area contributed by atoms with Gasteiger partial charge in [0, 0.05) is 22.5 Å². The van der Waals surface area contributed by atoms with Crippen molar-refractivity contribution in [3.05, 3.63) is 35.1 Å². The second kappa shape index (κ2) is 4.13. The summed E-state index contributed by atoms with van der Waals surface area (Å²) in [6, 6.07) is 1.37. The van der Waals surface area contributed by atoms with Crippen molar-refractivity contribution in [1.29, 1.82) is 0 Å². The molecule has 0 spiro atoms. The minimum Gasteiger partial charge on any atom is -0.207 e. The number of alkyl halides is 1. The smallest absolute Gasteiger partial charge is 0.133 e. The first-order valence-electron chi connectivity index (χ1n) is 3.84. The van der Waals surface area contributed by atoms with Crippen molar-refractivity contribution in [2.45, 2.75) is 18.2 Å². The van der Waals surface area contributed by atoms with E-state index in [1.165, 1.54) is 0 Å². The summed E-state index contributed by atoms with van der Waals surface area (Å²) in [5.74, 6) is -2.59. The van der Waals surface area contributed by atoms with E-state index in [4.69, 9.17) is 0 Å². The van der Waals surface area contributed by atoms with Gasteiger partial charge >= 0.3 is 0 Å². The van der Waals surface area contributed by atoms with Crippen molar-refractivity contribution in [3.8, 4) is 0 Å². The van der Waals surface area contributed by atoms with Gasteiger partial charge in [-0.2, -0.15) is 0 Å². The predicted molar refractivity (Wildman–Crippen MR) is 48.3 cm³/mol. The molecule has 1 aromatic rings. The standard InChI is InChI=1S/C9H8BrF3/c1-2-6(10)9-7(12)3-5(11)4-8(9)13/h3-4,6H,2H2,1H3. The van der Waals surface area contributed by atoms with Crippen molar-refractivity contribution >= 4 is 15.9 Å². The van der Waals surface area contributed by atoms with Gasteiger partial charge in [0.2, 0.25) is 0 Å². The van der Waals surface area contributed by atoms with E-state index in [0.717, 1.165) is 0 Å². The summed E-state index contributed by atoms with van der Waals surface area (Å²) in [5, 5.41) is 0. The molecule has 0 radical (unpaired) electrons. The third-order valence-electron chi connectivity index (χ3n) is 1.72. The van der Waals surface area contributed by atoms with Crippen LogP contribution >= 0.6 is 15.9 Å². The van der Waals surface area contributed by atoms with E-state index in [9.17, 15) is 13.2 Å². The van der Waals surface area contributed by atoms with E-state index >= 15 is 0 Å². The summed E-state index contributed by atoms with van der Waals surface area (Å²) in [5.41, 5.74) is -0.107. The van der Waals surface area contributed by atoms with Crippen LogP contribution in [0.25, 0.3) is 0 Å². The maximum absolute atomic E-state index is 13.0. The molecule has 1 atom stereocenters. The average molecular weight is 253 g/mol. The molecule has 0 aliphatic rings. The van der Waals surface area contributed by atoms with Gasteiger partial charge in [-0.15, -0.1) is 0 Å². The van der Waals surface area contributed by atoms with E-state index < -0.39 is 22.3 Å². The molecule has 72 valence electrons. The van der Waals surface area contributed by atoms with Crippen LogP contribution in [0.2, 0.25) is 0 Å². The highest BCUT2D eigenvalue weighted by molar-refractivity contribution is 9.09. The van der Waals surface area contributed by atoms with Crippen LogP contribution in [0, 0.1) is 17.5 Å². The summed E-state index contributed by atoms with van der Waals surface area (Å²) in [7, 11) is 0.